The van der Waals surface area contributed by atoms with Gasteiger partial charge >= 0.3 is 0 Å². The Hall–Kier alpha value is -4.16. The maximum Gasteiger partial charge on any atom is 0.265 e. The van der Waals surface area contributed by atoms with Crippen molar-refractivity contribution in [1.82, 2.24) is 10.2 Å². The van der Waals surface area contributed by atoms with Gasteiger partial charge in [-0.3, -0.25) is 13.9 Å². The van der Waals surface area contributed by atoms with Crippen LogP contribution < -0.4 is 28.6 Å². The van der Waals surface area contributed by atoms with Crippen LogP contribution in [0.4, 0.5) is 5.69 Å². The molecular weight excluding hydrogens is 634 g/mol. The number of halogens is 1. The number of rotatable bonds is 16. The van der Waals surface area contributed by atoms with Crippen LogP contribution >= 0.6 is 11.6 Å². The van der Waals surface area contributed by atoms with Gasteiger partial charge in [-0.25, -0.2) is 8.42 Å². The highest BCUT2D eigenvalue weighted by Gasteiger charge is 2.35. The summed E-state index contributed by atoms with van der Waals surface area (Å²) in [6, 6.07) is 14.7. The van der Waals surface area contributed by atoms with E-state index in [1.165, 1.54) is 56.6 Å². The molecule has 2 atom stereocenters. The topological polar surface area (TPSA) is 124 Å². The first-order valence-corrected chi connectivity index (χ1v) is 16.6. The molecule has 3 aromatic rings. The first-order chi connectivity index (χ1) is 21.9. The van der Waals surface area contributed by atoms with E-state index in [9.17, 15) is 18.0 Å². The predicted octanol–water partition coefficient (Wildman–Crippen LogP) is 5.29. The highest BCUT2D eigenvalue weighted by Crippen LogP contribution is 2.37. The lowest BCUT2D eigenvalue weighted by molar-refractivity contribution is -0.140. The Balaban J connectivity index is 2.17. The van der Waals surface area contributed by atoms with Crippen molar-refractivity contribution in [2.45, 2.75) is 57.1 Å². The van der Waals surface area contributed by atoms with Crippen LogP contribution in [0.5, 0.6) is 23.0 Å². The van der Waals surface area contributed by atoms with Crippen LogP contribution in [0.1, 0.15) is 39.2 Å². The number of sulfonamides is 1. The third kappa shape index (κ3) is 8.55. The number of benzene rings is 3. The van der Waals surface area contributed by atoms with Crippen molar-refractivity contribution in [2.24, 2.45) is 0 Å². The second-order valence-corrected chi connectivity index (χ2v) is 12.8. The van der Waals surface area contributed by atoms with Crippen LogP contribution in [0, 0.1) is 0 Å². The zero-order valence-corrected chi connectivity index (χ0v) is 28.8. The molecule has 3 rings (SSSR count). The largest absolute Gasteiger partial charge is 0.497 e. The maximum atomic E-state index is 14.4. The van der Waals surface area contributed by atoms with E-state index in [1.54, 1.807) is 44.4 Å². The molecule has 1 N–H and O–H groups in total. The smallest absolute Gasteiger partial charge is 0.265 e. The maximum absolute atomic E-state index is 14.4. The fourth-order valence-corrected chi connectivity index (χ4v) is 6.36. The minimum absolute atomic E-state index is 0.0339. The van der Waals surface area contributed by atoms with Crippen molar-refractivity contribution in [1.29, 1.82) is 0 Å². The quantitative estimate of drug-likeness (QED) is 0.217. The van der Waals surface area contributed by atoms with Crippen molar-refractivity contribution in [3.63, 3.8) is 0 Å². The fraction of sp³-hybridized carbons (Fsp3) is 0.394. The molecule has 46 heavy (non-hydrogen) atoms. The van der Waals surface area contributed by atoms with Gasteiger partial charge in [-0.2, -0.15) is 0 Å². The molecule has 0 fully saturated rings. The van der Waals surface area contributed by atoms with E-state index < -0.39 is 28.5 Å². The molecule has 0 bridgehead atoms. The molecule has 0 aliphatic rings. The minimum atomic E-state index is -4.45. The van der Waals surface area contributed by atoms with Gasteiger partial charge in [-0.1, -0.05) is 37.6 Å². The number of carbonyl (C=O) groups is 2. The Morgan fingerprint density at radius 2 is 1.46 bits per heavy atom. The molecule has 0 radical (unpaired) electrons. The number of carbonyl (C=O) groups excluding carboxylic acids is 2. The highest BCUT2D eigenvalue weighted by molar-refractivity contribution is 7.92. The van der Waals surface area contributed by atoms with Crippen molar-refractivity contribution < 1.29 is 37.0 Å². The second kappa shape index (κ2) is 16.4. The molecule has 0 aliphatic heterocycles. The number of nitrogens with zero attached hydrogens (tertiary/aromatic N) is 2. The Morgan fingerprint density at radius 3 is 2.02 bits per heavy atom. The van der Waals surface area contributed by atoms with Gasteiger partial charge in [0, 0.05) is 23.7 Å². The first-order valence-electron chi connectivity index (χ1n) is 14.7. The van der Waals surface area contributed by atoms with Gasteiger partial charge in [0.1, 0.15) is 24.1 Å². The summed E-state index contributed by atoms with van der Waals surface area (Å²) in [7, 11) is 1.31. The number of anilines is 1. The summed E-state index contributed by atoms with van der Waals surface area (Å²) >= 11 is 6.34. The zero-order valence-electron chi connectivity index (χ0n) is 27.2. The third-order valence-electron chi connectivity index (χ3n) is 7.53. The van der Waals surface area contributed by atoms with E-state index in [-0.39, 0.29) is 52.0 Å². The summed E-state index contributed by atoms with van der Waals surface area (Å²) in [4.78, 5) is 29.1. The molecule has 0 saturated carbocycles. The Kier molecular flexibility index (Phi) is 13.0. The van der Waals surface area contributed by atoms with E-state index in [0.29, 0.717) is 17.9 Å². The van der Waals surface area contributed by atoms with Gasteiger partial charge in [-0.05, 0) is 67.8 Å². The van der Waals surface area contributed by atoms with Crippen LogP contribution in [-0.2, 0) is 26.2 Å². The number of methoxy groups -OCH3 is 4. The van der Waals surface area contributed by atoms with Gasteiger partial charge in [0.15, 0.2) is 11.5 Å². The van der Waals surface area contributed by atoms with Crippen LogP contribution in [-0.4, -0.2) is 72.2 Å². The molecule has 13 heteroatoms. The van der Waals surface area contributed by atoms with Crippen molar-refractivity contribution >= 4 is 39.1 Å². The normalized spacial score (nSPS) is 12.4. The summed E-state index contributed by atoms with van der Waals surface area (Å²) in [6.45, 7) is 4.99. The summed E-state index contributed by atoms with van der Waals surface area (Å²) in [5, 5.41) is 3.19. The van der Waals surface area contributed by atoms with Crippen LogP contribution in [0.2, 0.25) is 5.02 Å². The summed E-state index contributed by atoms with van der Waals surface area (Å²) in [6.07, 6.45) is 0.980. The Labute approximate surface area is 276 Å². The summed E-state index contributed by atoms with van der Waals surface area (Å²) in [5.41, 5.74) is 0.762. The second-order valence-electron chi connectivity index (χ2n) is 10.5. The van der Waals surface area contributed by atoms with E-state index in [4.69, 9.17) is 30.5 Å². The van der Waals surface area contributed by atoms with Gasteiger partial charge < -0.3 is 29.2 Å². The SMILES string of the molecule is CC[C@H](C)NC(=O)[C@H](CC)N(Cc1ccc(OC)cc1)C(=O)CN(c1cc(Cl)ccc1OC)S(=O)(=O)c1ccc(OC)c(OC)c1. The van der Waals surface area contributed by atoms with Crippen molar-refractivity contribution in [3.8, 4) is 23.0 Å². The molecule has 0 spiro atoms. The Morgan fingerprint density at radius 1 is 0.826 bits per heavy atom. The van der Waals surface area contributed by atoms with E-state index in [1.807, 2.05) is 13.8 Å². The van der Waals surface area contributed by atoms with Gasteiger partial charge in [0.2, 0.25) is 11.8 Å². The lowest BCUT2D eigenvalue weighted by Gasteiger charge is -2.34. The lowest BCUT2D eigenvalue weighted by Crippen LogP contribution is -2.53. The molecule has 0 heterocycles. The highest BCUT2D eigenvalue weighted by atomic mass is 35.5. The van der Waals surface area contributed by atoms with E-state index in [2.05, 4.69) is 5.32 Å². The van der Waals surface area contributed by atoms with Crippen molar-refractivity contribution in [3.05, 3.63) is 71.2 Å². The molecular formula is C33H42ClN3O8S. The molecule has 0 aliphatic carbocycles. The summed E-state index contributed by atoms with van der Waals surface area (Å²) in [5.74, 6) is 0.351. The molecule has 2 amide bonds. The van der Waals surface area contributed by atoms with Gasteiger partial charge in [-0.15, -0.1) is 0 Å². The average Bonchev–Trinajstić information content (AvgIpc) is 3.06. The molecule has 11 nitrogen and oxygen atoms in total. The molecule has 0 aromatic heterocycles. The van der Waals surface area contributed by atoms with Gasteiger partial charge in [0.05, 0.1) is 39.0 Å². The number of hydrogen-bond donors (Lipinski definition) is 1. The number of hydrogen-bond acceptors (Lipinski definition) is 8. The van der Waals surface area contributed by atoms with Crippen LogP contribution in [0.3, 0.4) is 0 Å². The lowest BCUT2D eigenvalue weighted by atomic mass is 10.1. The molecule has 250 valence electrons. The predicted molar refractivity (Wildman–Crippen MR) is 178 cm³/mol. The summed E-state index contributed by atoms with van der Waals surface area (Å²) < 4.78 is 51.1. The standard InChI is InChI=1S/C33H42ClN3O8S/c1-8-22(3)35-33(39)27(9-2)36(20-23-10-13-25(42-4)14-11-23)32(38)21-37(28-18-24(34)12-16-29(28)43-5)46(40,41)26-15-17-30(44-6)31(19-26)45-7/h10-19,22,27H,8-9,20-21H2,1-7H3,(H,35,39)/t22-,27-/m0/s1. The molecule has 3 aromatic carbocycles. The molecule has 0 saturated heterocycles. The first kappa shape index (κ1) is 36.3. The monoisotopic (exact) mass is 675 g/mol. The van der Waals surface area contributed by atoms with E-state index in [0.717, 1.165) is 9.87 Å². The average molecular weight is 676 g/mol. The number of amides is 2. The van der Waals surface area contributed by atoms with Crippen LogP contribution in [0.25, 0.3) is 0 Å². The number of ether oxygens (including phenoxy) is 4. The Bertz CT molecular complexity index is 1600. The van der Waals surface area contributed by atoms with Gasteiger partial charge in [0.25, 0.3) is 10.0 Å². The van der Waals surface area contributed by atoms with Crippen LogP contribution in [0.15, 0.2) is 65.6 Å². The molecule has 0 unspecified atom stereocenters. The fourth-order valence-electron chi connectivity index (χ4n) is 4.76. The third-order valence-corrected chi connectivity index (χ3v) is 9.52. The zero-order chi connectivity index (χ0) is 34.0. The number of nitrogens with one attached hydrogen (secondary N) is 1. The van der Waals surface area contributed by atoms with Crippen molar-refractivity contribution in [2.75, 3.05) is 39.3 Å². The minimum Gasteiger partial charge on any atom is -0.497 e. The van der Waals surface area contributed by atoms with E-state index >= 15 is 0 Å².